The van der Waals surface area contributed by atoms with Crippen LogP contribution in [-0.2, 0) is 0 Å². The highest BCUT2D eigenvalue weighted by Crippen LogP contribution is 2.23. The molecular weight excluding hydrogens is 266 g/mol. The molecule has 0 radical (unpaired) electrons. The van der Waals surface area contributed by atoms with E-state index in [2.05, 4.69) is 12.2 Å². The lowest BCUT2D eigenvalue weighted by molar-refractivity contribution is 0.101. The third kappa shape index (κ3) is 5.56. The Morgan fingerprint density at radius 1 is 1.24 bits per heavy atom. The van der Waals surface area contributed by atoms with Crippen molar-refractivity contribution >= 4 is 0 Å². The molecule has 1 saturated carbocycles. The molecular formula is C17H27NO3. The number of hydrogen-bond donors (Lipinski definition) is 2. The van der Waals surface area contributed by atoms with Crippen molar-refractivity contribution in [3.63, 3.8) is 0 Å². The zero-order chi connectivity index (χ0) is 15.1. The average molecular weight is 293 g/mol. The van der Waals surface area contributed by atoms with Crippen molar-refractivity contribution in [3.05, 3.63) is 24.3 Å². The van der Waals surface area contributed by atoms with Crippen LogP contribution in [0, 0.1) is 5.92 Å². The van der Waals surface area contributed by atoms with Crippen LogP contribution < -0.4 is 14.8 Å². The minimum atomic E-state index is -0.490. The van der Waals surface area contributed by atoms with E-state index in [9.17, 15) is 5.11 Å². The SMILES string of the molecule is COc1cccc(OCC(O)CNC2CCC(C)CC2)c1. The quantitative estimate of drug-likeness (QED) is 0.811. The van der Waals surface area contributed by atoms with Gasteiger partial charge in [-0.25, -0.2) is 0 Å². The van der Waals surface area contributed by atoms with E-state index in [0.29, 0.717) is 19.2 Å². The molecule has 2 rings (SSSR count). The molecule has 118 valence electrons. The van der Waals surface area contributed by atoms with E-state index in [1.54, 1.807) is 7.11 Å². The van der Waals surface area contributed by atoms with Crippen LogP contribution in [0.15, 0.2) is 24.3 Å². The fourth-order valence-corrected chi connectivity index (χ4v) is 2.71. The number of hydrogen-bond acceptors (Lipinski definition) is 4. The van der Waals surface area contributed by atoms with Gasteiger partial charge in [0.05, 0.1) is 7.11 Å². The molecule has 4 heteroatoms. The summed E-state index contributed by atoms with van der Waals surface area (Å²) in [4.78, 5) is 0. The number of nitrogens with one attached hydrogen (secondary N) is 1. The molecule has 0 bridgehead atoms. The van der Waals surface area contributed by atoms with Crippen molar-refractivity contribution in [1.29, 1.82) is 0 Å². The van der Waals surface area contributed by atoms with Gasteiger partial charge in [0.1, 0.15) is 24.2 Å². The van der Waals surface area contributed by atoms with Crippen LogP contribution in [0.2, 0.25) is 0 Å². The van der Waals surface area contributed by atoms with Gasteiger partial charge in [-0.1, -0.05) is 13.0 Å². The van der Waals surface area contributed by atoms with Crippen LogP contribution in [0.5, 0.6) is 11.5 Å². The minimum Gasteiger partial charge on any atom is -0.497 e. The third-order valence-corrected chi connectivity index (χ3v) is 4.14. The Bertz CT molecular complexity index is 416. The lowest BCUT2D eigenvalue weighted by atomic mass is 9.87. The maximum absolute atomic E-state index is 10.0. The Kier molecular flexibility index (Phi) is 6.33. The summed E-state index contributed by atoms with van der Waals surface area (Å²) in [6.07, 6.45) is 4.51. The number of aliphatic hydroxyl groups excluding tert-OH is 1. The molecule has 1 fully saturated rings. The van der Waals surface area contributed by atoms with Gasteiger partial charge in [-0.3, -0.25) is 0 Å². The van der Waals surface area contributed by atoms with E-state index in [0.717, 1.165) is 17.4 Å². The third-order valence-electron chi connectivity index (χ3n) is 4.14. The summed E-state index contributed by atoms with van der Waals surface area (Å²) in [5.74, 6) is 2.33. The van der Waals surface area contributed by atoms with Crippen molar-refractivity contribution in [1.82, 2.24) is 5.32 Å². The standard InChI is InChI=1S/C17H27NO3/c1-13-6-8-14(9-7-13)18-11-15(19)12-21-17-5-3-4-16(10-17)20-2/h3-5,10,13-15,18-19H,6-9,11-12H2,1-2H3. The van der Waals surface area contributed by atoms with E-state index in [1.807, 2.05) is 24.3 Å². The Morgan fingerprint density at radius 2 is 1.95 bits per heavy atom. The van der Waals surface area contributed by atoms with Crippen molar-refractivity contribution in [3.8, 4) is 11.5 Å². The molecule has 21 heavy (non-hydrogen) atoms. The van der Waals surface area contributed by atoms with Crippen molar-refractivity contribution < 1.29 is 14.6 Å². The second-order valence-electron chi connectivity index (χ2n) is 6.01. The molecule has 1 unspecified atom stereocenters. The molecule has 0 heterocycles. The fourth-order valence-electron chi connectivity index (χ4n) is 2.71. The predicted molar refractivity (Wildman–Crippen MR) is 83.9 cm³/mol. The molecule has 0 saturated heterocycles. The first-order chi connectivity index (χ1) is 10.2. The van der Waals surface area contributed by atoms with Gasteiger partial charge in [0.2, 0.25) is 0 Å². The summed E-state index contributed by atoms with van der Waals surface area (Å²) in [7, 11) is 1.63. The van der Waals surface area contributed by atoms with Gasteiger partial charge in [0.15, 0.2) is 0 Å². The average Bonchev–Trinajstić information content (AvgIpc) is 2.52. The first-order valence-electron chi connectivity index (χ1n) is 7.85. The van der Waals surface area contributed by atoms with Crippen LogP contribution in [-0.4, -0.2) is 37.5 Å². The first-order valence-corrected chi connectivity index (χ1v) is 7.85. The second kappa shape index (κ2) is 8.25. The maximum atomic E-state index is 10.0. The summed E-state index contributed by atoms with van der Waals surface area (Å²) in [6, 6.07) is 7.98. The smallest absolute Gasteiger partial charge is 0.123 e. The lowest BCUT2D eigenvalue weighted by Crippen LogP contribution is -2.39. The highest BCUT2D eigenvalue weighted by Gasteiger charge is 2.18. The largest absolute Gasteiger partial charge is 0.497 e. The Hall–Kier alpha value is -1.26. The van der Waals surface area contributed by atoms with Gasteiger partial charge < -0.3 is 19.9 Å². The van der Waals surface area contributed by atoms with Gasteiger partial charge in [-0.15, -0.1) is 0 Å². The molecule has 1 aromatic rings. The van der Waals surface area contributed by atoms with Crippen molar-refractivity contribution in [2.24, 2.45) is 5.92 Å². The molecule has 1 aliphatic rings. The Morgan fingerprint density at radius 3 is 2.67 bits per heavy atom. The van der Waals surface area contributed by atoms with Gasteiger partial charge >= 0.3 is 0 Å². The molecule has 2 N–H and O–H groups in total. The lowest BCUT2D eigenvalue weighted by Gasteiger charge is -2.27. The van der Waals surface area contributed by atoms with Crippen LogP contribution in [0.4, 0.5) is 0 Å². The van der Waals surface area contributed by atoms with E-state index < -0.39 is 6.10 Å². The number of aliphatic hydroxyl groups is 1. The van der Waals surface area contributed by atoms with Gasteiger partial charge in [-0.2, -0.15) is 0 Å². The molecule has 1 aliphatic carbocycles. The van der Waals surface area contributed by atoms with Crippen LogP contribution >= 0.6 is 0 Å². The Labute approximate surface area is 127 Å². The molecule has 0 spiro atoms. The summed E-state index contributed by atoms with van der Waals surface area (Å²) in [6.45, 7) is 3.19. The van der Waals surface area contributed by atoms with E-state index in [1.165, 1.54) is 25.7 Å². The summed E-state index contributed by atoms with van der Waals surface area (Å²) >= 11 is 0. The summed E-state index contributed by atoms with van der Waals surface area (Å²) in [5, 5.41) is 13.4. The normalized spacial score (nSPS) is 23.6. The summed E-state index contributed by atoms with van der Waals surface area (Å²) < 4.78 is 10.7. The predicted octanol–water partition coefficient (Wildman–Crippen LogP) is 2.60. The first kappa shape index (κ1) is 16.1. The zero-order valence-corrected chi connectivity index (χ0v) is 13.0. The number of methoxy groups -OCH3 is 1. The van der Waals surface area contributed by atoms with E-state index >= 15 is 0 Å². The fraction of sp³-hybridized carbons (Fsp3) is 0.647. The molecule has 1 aromatic carbocycles. The van der Waals surface area contributed by atoms with Gasteiger partial charge in [0.25, 0.3) is 0 Å². The topological polar surface area (TPSA) is 50.7 Å². The van der Waals surface area contributed by atoms with E-state index in [-0.39, 0.29) is 0 Å². The van der Waals surface area contributed by atoms with Crippen LogP contribution in [0.3, 0.4) is 0 Å². The molecule has 1 atom stereocenters. The summed E-state index contributed by atoms with van der Waals surface area (Å²) in [5.41, 5.74) is 0. The molecule has 0 aromatic heterocycles. The van der Waals surface area contributed by atoms with Gasteiger partial charge in [0, 0.05) is 18.7 Å². The highest BCUT2D eigenvalue weighted by molar-refractivity contribution is 5.32. The van der Waals surface area contributed by atoms with Gasteiger partial charge in [-0.05, 0) is 43.7 Å². The maximum Gasteiger partial charge on any atom is 0.123 e. The van der Waals surface area contributed by atoms with Crippen LogP contribution in [0.1, 0.15) is 32.6 Å². The second-order valence-corrected chi connectivity index (χ2v) is 6.01. The molecule has 4 nitrogen and oxygen atoms in total. The number of rotatable bonds is 7. The van der Waals surface area contributed by atoms with E-state index in [4.69, 9.17) is 9.47 Å². The monoisotopic (exact) mass is 293 g/mol. The molecule has 0 aliphatic heterocycles. The number of ether oxygens (including phenoxy) is 2. The highest BCUT2D eigenvalue weighted by atomic mass is 16.5. The Balaban J connectivity index is 1.66. The van der Waals surface area contributed by atoms with Crippen LogP contribution in [0.25, 0.3) is 0 Å². The van der Waals surface area contributed by atoms with Crippen molar-refractivity contribution in [2.45, 2.75) is 44.8 Å². The minimum absolute atomic E-state index is 0.295. The zero-order valence-electron chi connectivity index (χ0n) is 13.0. The number of benzene rings is 1. The van der Waals surface area contributed by atoms with Crippen molar-refractivity contribution in [2.75, 3.05) is 20.3 Å². The molecule has 0 amide bonds.